The molecule has 0 aromatic rings. The Hall–Kier alpha value is 0.0200. The van der Waals surface area contributed by atoms with Gasteiger partial charge in [-0.1, -0.05) is 6.92 Å². The van der Waals surface area contributed by atoms with Gasteiger partial charge in [0, 0.05) is 43.1 Å². The highest BCUT2D eigenvalue weighted by Crippen LogP contribution is 2.20. The summed E-state index contributed by atoms with van der Waals surface area (Å²) >= 11 is 1.87. The lowest BCUT2D eigenvalue weighted by atomic mass is 10.1. The van der Waals surface area contributed by atoms with Crippen molar-refractivity contribution in [3.05, 3.63) is 0 Å². The topological polar surface area (TPSA) is 66.5 Å². The van der Waals surface area contributed by atoms with E-state index in [9.17, 15) is 13.2 Å². The first-order valence-corrected chi connectivity index (χ1v) is 10.3. The number of carbonyl (C=O) groups excluding carboxylic acids is 1. The lowest BCUT2D eigenvalue weighted by Gasteiger charge is -2.31. The molecule has 8 heteroatoms. The first kappa shape index (κ1) is 19.1. The van der Waals surface area contributed by atoms with Crippen molar-refractivity contribution in [2.45, 2.75) is 38.3 Å². The average Bonchev–Trinajstić information content (AvgIpc) is 2.77. The van der Waals surface area contributed by atoms with Crippen molar-refractivity contribution in [1.82, 2.24) is 10.2 Å². The molecule has 0 bridgehead atoms. The fourth-order valence-electron chi connectivity index (χ4n) is 2.85. The van der Waals surface area contributed by atoms with Gasteiger partial charge >= 0.3 is 0 Å². The highest BCUT2D eigenvalue weighted by molar-refractivity contribution is 7.99. The van der Waals surface area contributed by atoms with Crippen molar-refractivity contribution >= 4 is 39.9 Å². The summed E-state index contributed by atoms with van der Waals surface area (Å²) < 4.78 is 23.2. The molecule has 0 spiro atoms. The predicted octanol–water partition coefficient (Wildman–Crippen LogP) is 0.929. The van der Waals surface area contributed by atoms with Crippen LogP contribution in [0.4, 0.5) is 0 Å². The Bertz CT molecular complexity index is 439. The third-order valence-electron chi connectivity index (χ3n) is 3.85. The lowest BCUT2D eigenvalue weighted by Crippen LogP contribution is -2.46. The third kappa shape index (κ3) is 5.62. The van der Waals surface area contributed by atoms with E-state index in [0.29, 0.717) is 19.4 Å². The molecule has 2 aliphatic heterocycles. The van der Waals surface area contributed by atoms with Crippen LogP contribution in [0.15, 0.2) is 0 Å². The number of nitrogens with zero attached hydrogens (tertiary/aromatic N) is 1. The summed E-state index contributed by atoms with van der Waals surface area (Å²) in [6.45, 7) is 3.64. The molecule has 0 aromatic carbocycles. The van der Waals surface area contributed by atoms with Gasteiger partial charge in [-0.25, -0.2) is 8.42 Å². The van der Waals surface area contributed by atoms with Crippen LogP contribution < -0.4 is 5.32 Å². The van der Waals surface area contributed by atoms with E-state index in [0.717, 1.165) is 24.5 Å². The molecule has 2 fully saturated rings. The second-order valence-electron chi connectivity index (χ2n) is 5.57. The second kappa shape index (κ2) is 8.60. The van der Waals surface area contributed by atoms with Gasteiger partial charge in [-0.3, -0.25) is 4.79 Å². The molecule has 2 unspecified atom stereocenters. The molecule has 21 heavy (non-hydrogen) atoms. The normalized spacial score (nSPS) is 27.9. The first-order chi connectivity index (χ1) is 9.52. The maximum absolute atomic E-state index is 12.5. The Morgan fingerprint density at radius 1 is 1.43 bits per heavy atom. The summed E-state index contributed by atoms with van der Waals surface area (Å²) in [7, 11) is -2.94. The molecule has 0 aliphatic carbocycles. The molecular formula is C13H25ClN2O3S2. The fraction of sp³-hybridized carbons (Fsp3) is 0.923. The second-order valence-corrected chi connectivity index (χ2v) is 8.95. The van der Waals surface area contributed by atoms with Crippen molar-refractivity contribution < 1.29 is 13.2 Å². The largest absolute Gasteiger partial charge is 0.339 e. The number of hydrogen-bond donors (Lipinski definition) is 1. The smallest absolute Gasteiger partial charge is 0.224 e. The van der Waals surface area contributed by atoms with Crippen LogP contribution in [-0.4, -0.2) is 67.4 Å². The molecule has 124 valence electrons. The lowest BCUT2D eigenvalue weighted by molar-refractivity contribution is -0.133. The Labute approximate surface area is 137 Å². The molecule has 5 nitrogen and oxygen atoms in total. The molecule has 2 heterocycles. The molecule has 1 N–H and O–H groups in total. The zero-order chi connectivity index (χ0) is 14.6. The number of nitrogens with one attached hydrogen (secondary N) is 1. The van der Waals surface area contributed by atoms with Gasteiger partial charge in [0.1, 0.15) is 0 Å². The Kier molecular flexibility index (Phi) is 7.81. The van der Waals surface area contributed by atoms with Crippen LogP contribution in [0.5, 0.6) is 0 Å². The van der Waals surface area contributed by atoms with Crippen LogP contribution >= 0.6 is 24.2 Å². The van der Waals surface area contributed by atoms with Gasteiger partial charge in [0.05, 0.1) is 11.5 Å². The van der Waals surface area contributed by atoms with E-state index in [4.69, 9.17) is 0 Å². The van der Waals surface area contributed by atoms with Gasteiger partial charge < -0.3 is 10.2 Å². The molecule has 2 saturated heterocycles. The van der Waals surface area contributed by atoms with Gasteiger partial charge in [0.25, 0.3) is 0 Å². The van der Waals surface area contributed by atoms with E-state index in [2.05, 4.69) is 5.32 Å². The van der Waals surface area contributed by atoms with Crippen molar-refractivity contribution in [2.24, 2.45) is 0 Å². The average molecular weight is 357 g/mol. The number of rotatable bonds is 5. The Morgan fingerprint density at radius 2 is 2.19 bits per heavy atom. The van der Waals surface area contributed by atoms with E-state index in [1.165, 1.54) is 0 Å². The highest BCUT2D eigenvalue weighted by Gasteiger charge is 2.34. The number of sulfone groups is 1. The van der Waals surface area contributed by atoms with E-state index in [1.807, 2.05) is 23.6 Å². The molecule has 2 atom stereocenters. The van der Waals surface area contributed by atoms with Gasteiger partial charge in [0.15, 0.2) is 9.84 Å². The zero-order valence-electron chi connectivity index (χ0n) is 12.4. The van der Waals surface area contributed by atoms with E-state index < -0.39 is 9.84 Å². The number of halogens is 1. The standard InChI is InChI=1S/C13H24N2O3S2.ClH/c1-2-5-15(12-3-7-20(17,18)10-12)13(16)8-11-9-19-6-4-14-11;/h11-12,14H,2-10H2,1H3;1H. The summed E-state index contributed by atoms with van der Waals surface area (Å²) in [5, 5.41) is 3.37. The van der Waals surface area contributed by atoms with Crippen molar-refractivity contribution in [2.75, 3.05) is 36.1 Å². The minimum atomic E-state index is -2.94. The molecule has 2 aliphatic rings. The van der Waals surface area contributed by atoms with Gasteiger partial charge in [-0.15, -0.1) is 12.4 Å². The SMILES string of the molecule is CCCN(C(=O)CC1CSCCN1)C1CCS(=O)(=O)C1.Cl. The number of carbonyl (C=O) groups is 1. The minimum absolute atomic E-state index is 0. The summed E-state index contributed by atoms with van der Waals surface area (Å²) in [6, 6.07) is 0.127. The maximum Gasteiger partial charge on any atom is 0.224 e. The summed E-state index contributed by atoms with van der Waals surface area (Å²) in [5.74, 6) is 2.54. The van der Waals surface area contributed by atoms with Crippen LogP contribution in [0.25, 0.3) is 0 Å². The Balaban J connectivity index is 0.00000220. The Morgan fingerprint density at radius 3 is 2.71 bits per heavy atom. The first-order valence-electron chi connectivity index (χ1n) is 7.33. The quantitative estimate of drug-likeness (QED) is 0.793. The van der Waals surface area contributed by atoms with Gasteiger partial charge in [-0.2, -0.15) is 11.8 Å². The molecule has 0 aromatic heterocycles. The minimum Gasteiger partial charge on any atom is -0.339 e. The van der Waals surface area contributed by atoms with Crippen LogP contribution in [-0.2, 0) is 14.6 Å². The van der Waals surface area contributed by atoms with Crippen LogP contribution in [0, 0.1) is 0 Å². The number of hydrogen-bond acceptors (Lipinski definition) is 5. The third-order valence-corrected chi connectivity index (χ3v) is 6.73. The van der Waals surface area contributed by atoms with Gasteiger partial charge in [-0.05, 0) is 12.8 Å². The van der Waals surface area contributed by atoms with Crippen molar-refractivity contribution in [3.8, 4) is 0 Å². The van der Waals surface area contributed by atoms with Crippen LogP contribution in [0.2, 0.25) is 0 Å². The summed E-state index contributed by atoms with van der Waals surface area (Å²) in [6.07, 6.45) is 1.96. The monoisotopic (exact) mass is 356 g/mol. The molecule has 2 rings (SSSR count). The van der Waals surface area contributed by atoms with E-state index in [1.54, 1.807) is 0 Å². The maximum atomic E-state index is 12.5. The number of thioether (sulfide) groups is 1. The molecule has 1 amide bonds. The number of amides is 1. The predicted molar refractivity (Wildman–Crippen MR) is 90.0 cm³/mol. The highest BCUT2D eigenvalue weighted by atomic mass is 35.5. The molecule has 0 radical (unpaired) electrons. The van der Waals surface area contributed by atoms with Crippen molar-refractivity contribution in [3.63, 3.8) is 0 Å². The summed E-state index contributed by atoms with van der Waals surface area (Å²) in [5.41, 5.74) is 0. The zero-order valence-corrected chi connectivity index (χ0v) is 14.9. The van der Waals surface area contributed by atoms with Gasteiger partial charge in [0.2, 0.25) is 5.91 Å². The molecule has 0 saturated carbocycles. The van der Waals surface area contributed by atoms with Crippen LogP contribution in [0.1, 0.15) is 26.2 Å². The van der Waals surface area contributed by atoms with E-state index in [-0.39, 0.29) is 41.9 Å². The fourth-order valence-corrected chi connectivity index (χ4v) is 5.53. The van der Waals surface area contributed by atoms with Crippen molar-refractivity contribution in [1.29, 1.82) is 0 Å². The summed E-state index contributed by atoms with van der Waals surface area (Å²) in [4.78, 5) is 14.3. The van der Waals surface area contributed by atoms with E-state index >= 15 is 0 Å². The molecular weight excluding hydrogens is 332 g/mol. The van der Waals surface area contributed by atoms with Crippen LogP contribution in [0.3, 0.4) is 0 Å².